The predicted molar refractivity (Wildman–Crippen MR) is 75.3 cm³/mol. The number of anilines is 1. The average Bonchev–Trinajstić information content (AvgIpc) is 2.39. The van der Waals surface area contributed by atoms with Gasteiger partial charge in [0, 0.05) is 23.5 Å². The van der Waals surface area contributed by atoms with E-state index in [1.807, 2.05) is 0 Å². The zero-order valence-electron chi connectivity index (χ0n) is 10.3. The van der Waals surface area contributed by atoms with E-state index in [4.69, 9.17) is 5.73 Å². The van der Waals surface area contributed by atoms with E-state index in [0.29, 0.717) is 5.69 Å². The molecule has 1 aromatic carbocycles. The molecule has 0 saturated carbocycles. The first-order valence-corrected chi connectivity index (χ1v) is 7.16. The number of benzene rings is 1. The molecule has 1 aliphatic rings. The molecule has 102 valence electrons. The molecular formula is C12H15N3O3S. The zero-order chi connectivity index (χ0) is 13.8. The van der Waals surface area contributed by atoms with Crippen LogP contribution < -0.4 is 11.1 Å². The summed E-state index contributed by atoms with van der Waals surface area (Å²) in [7, 11) is 0. The highest BCUT2D eigenvalue weighted by Gasteiger charge is 2.23. The summed E-state index contributed by atoms with van der Waals surface area (Å²) in [6.07, 6.45) is 1.96. The van der Waals surface area contributed by atoms with Gasteiger partial charge in [-0.05, 0) is 30.7 Å². The van der Waals surface area contributed by atoms with E-state index < -0.39 is 10.8 Å². The van der Waals surface area contributed by atoms with Crippen LogP contribution in [-0.4, -0.2) is 28.4 Å². The van der Waals surface area contributed by atoms with Crippen LogP contribution in [0.15, 0.2) is 18.2 Å². The van der Waals surface area contributed by atoms with Gasteiger partial charge in [0.25, 0.3) is 11.6 Å². The van der Waals surface area contributed by atoms with Crippen molar-refractivity contribution in [1.82, 2.24) is 5.32 Å². The third kappa shape index (κ3) is 3.37. The molecule has 3 N–H and O–H groups in total. The monoisotopic (exact) mass is 281 g/mol. The van der Waals surface area contributed by atoms with Crippen molar-refractivity contribution >= 4 is 29.0 Å². The Morgan fingerprint density at radius 1 is 1.53 bits per heavy atom. The third-order valence-electron chi connectivity index (χ3n) is 2.96. The topological polar surface area (TPSA) is 98.3 Å². The van der Waals surface area contributed by atoms with Crippen LogP contribution in [0.25, 0.3) is 0 Å². The molecule has 2 rings (SSSR count). The van der Waals surface area contributed by atoms with Crippen molar-refractivity contribution in [3.63, 3.8) is 0 Å². The number of nitrogens with one attached hydrogen (secondary N) is 1. The normalized spacial score (nSPS) is 18.8. The standard InChI is InChI=1S/C12H15N3O3S/c13-8-3-4-11(15(17)18)10(6-8)12(16)14-9-2-1-5-19-7-9/h3-4,6,9H,1-2,5,7,13H2,(H,14,16). The second-order valence-electron chi connectivity index (χ2n) is 4.42. The molecule has 1 aromatic rings. The molecule has 1 aliphatic heterocycles. The van der Waals surface area contributed by atoms with Gasteiger partial charge in [-0.3, -0.25) is 14.9 Å². The number of carbonyl (C=O) groups excluding carboxylic acids is 1. The Bertz CT molecular complexity index is 501. The minimum atomic E-state index is -0.566. The van der Waals surface area contributed by atoms with E-state index in [1.165, 1.54) is 18.2 Å². The Morgan fingerprint density at radius 3 is 2.95 bits per heavy atom. The van der Waals surface area contributed by atoms with Crippen LogP contribution in [0.2, 0.25) is 0 Å². The number of hydrogen-bond donors (Lipinski definition) is 2. The van der Waals surface area contributed by atoms with E-state index in [1.54, 1.807) is 11.8 Å². The maximum Gasteiger partial charge on any atom is 0.282 e. The molecule has 1 heterocycles. The van der Waals surface area contributed by atoms with Gasteiger partial charge < -0.3 is 11.1 Å². The zero-order valence-corrected chi connectivity index (χ0v) is 11.1. The van der Waals surface area contributed by atoms with Gasteiger partial charge in [-0.15, -0.1) is 0 Å². The number of nitrogens with two attached hydrogens (primary N) is 1. The van der Waals surface area contributed by atoms with E-state index >= 15 is 0 Å². The molecule has 1 unspecified atom stereocenters. The van der Waals surface area contributed by atoms with Crippen molar-refractivity contribution in [1.29, 1.82) is 0 Å². The molecule has 7 heteroatoms. The summed E-state index contributed by atoms with van der Waals surface area (Å²) in [5, 5.41) is 13.7. The summed E-state index contributed by atoms with van der Waals surface area (Å²) in [5.74, 6) is 1.53. The second-order valence-corrected chi connectivity index (χ2v) is 5.57. The van der Waals surface area contributed by atoms with E-state index in [9.17, 15) is 14.9 Å². The molecule has 6 nitrogen and oxygen atoms in total. The van der Waals surface area contributed by atoms with Crippen LogP contribution in [0.5, 0.6) is 0 Å². The summed E-state index contributed by atoms with van der Waals surface area (Å²) in [5.41, 5.74) is 5.75. The molecule has 1 saturated heterocycles. The van der Waals surface area contributed by atoms with Crippen molar-refractivity contribution in [3.8, 4) is 0 Å². The lowest BCUT2D eigenvalue weighted by atomic mass is 10.1. The molecular weight excluding hydrogens is 266 g/mol. The number of nitrogens with zero attached hydrogens (tertiary/aromatic N) is 1. The lowest BCUT2D eigenvalue weighted by molar-refractivity contribution is -0.385. The van der Waals surface area contributed by atoms with Crippen molar-refractivity contribution in [2.24, 2.45) is 0 Å². The molecule has 0 aliphatic carbocycles. The number of nitro benzene ring substituents is 1. The number of nitrogen functional groups attached to an aromatic ring is 1. The van der Waals surface area contributed by atoms with Crippen LogP contribution in [-0.2, 0) is 0 Å². The molecule has 19 heavy (non-hydrogen) atoms. The van der Waals surface area contributed by atoms with Crippen molar-refractivity contribution in [2.45, 2.75) is 18.9 Å². The van der Waals surface area contributed by atoms with Crippen molar-refractivity contribution in [2.75, 3.05) is 17.2 Å². The van der Waals surface area contributed by atoms with Gasteiger partial charge in [0.15, 0.2) is 0 Å². The van der Waals surface area contributed by atoms with Crippen LogP contribution in [0.4, 0.5) is 11.4 Å². The molecule has 0 aromatic heterocycles. The lowest BCUT2D eigenvalue weighted by Crippen LogP contribution is -2.38. The predicted octanol–water partition coefficient (Wildman–Crippen LogP) is 1.80. The minimum absolute atomic E-state index is 0.0283. The highest BCUT2D eigenvalue weighted by atomic mass is 32.2. The highest BCUT2D eigenvalue weighted by Crippen LogP contribution is 2.22. The molecule has 0 spiro atoms. The maximum absolute atomic E-state index is 12.1. The lowest BCUT2D eigenvalue weighted by Gasteiger charge is -2.22. The first-order chi connectivity index (χ1) is 9.08. The molecule has 1 fully saturated rings. The summed E-state index contributed by atoms with van der Waals surface area (Å²) in [4.78, 5) is 22.5. The third-order valence-corrected chi connectivity index (χ3v) is 4.17. The van der Waals surface area contributed by atoms with E-state index in [2.05, 4.69) is 5.32 Å². The summed E-state index contributed by atoms with van der Waals surface area (Å²) in [6, 6.07) is 4.11. The van der Waals surface area contributed by atoms with Gasteiger partial charge >= 0.3 is 0 Å². The number of nitro groups is 1. The Balaban J connectivity index is 2.17. The number of hydrogen-bond acceptors (Lipinski definition) is 5. The second kappa shape index (κ2) is 5.92. The minimum Gasteiger partial charge on any atom is -0.399 e. The number of amides is 1. The van der Waals surface area contributed by atoms with Crippen molar-refractivity contribution < 1.29 is 9.72 Å². The molecule has 0 radical (unpaired) electrons. The van der Waals surface area contributed by atoms with Gasteiger partial charge in [0.1, 0.15) is 5.56 Å². The fourth-order valence-corrected chi connectivity index (χ4v) is 3.08. The SMILES string of the molecule is Nc1ccc([N+](=O)[O-])c(C(=O)NC2CCCSC2)c1. The summed E-state index contributed by atoms with van der Waals surface area (Å²) >= 11 is 1.78. The smallest absolute Gasteiger partial charge is 0.282 e. The number of rotatable bonds is 3. The van der Waals surface area contributed by atoms with Gasteiger partial charge in [-0.1, -0.05) is 0 Å². The Morgan fingerprint density at radius 2 is 2.32 bits per heavy atom. The van der Waals surface area contributed by atoms with Gasteiger partial charge in [-0.2, -0.15) is 11.8 Å². The number of thioether (sulfide) groups is 1. The summed E-state index contributed by atoms with van der Waals surface area (Å²) in [6.45, 7) is 0. The molecule has 1 amide bonds. The largest absolute Gasteiger partial charge is 0.399 e. The van der Waals surface area contributed by atoms with Crippen LogP contribution >= 0.6 is 11.8 Å². The fraction of sp³-hybridized carbons (Fsp3) is 0.417. The Hall–Kier alpha value is -1.76. The van der Waals surface area contributed by atoms with Gasteiger partial charge in [-0.25, -0.2) is 0 Å². The maximum atomic E-state index is 12.1. The highest BCUT2D eigenvalue weighted by molar-refractivity contribution is 7.99. The van der Waals surface area contributed by atoms with Gasteiger partial charge in [0.2, 0.25) is 0 Å². The van der Waals surface area contributed by atoms with Crippen LogP contribution in [0.3, 0.4) is 0 Å². The Labute approximate surface area is 114 Å². The molecule has 1 atom stereocenters. The number of carbonyl (C=O) groups is 1. The van der Waals surface area contributed by atoms with Gasteiger partial charge in [0.05, 0.1) is 4.92 Å². The van der Waals surface area contributed by atoms with Crippen molar-refractivity contribution in [3.05, 3.63) is 33.9 Å². The Kier molecular flexibility index (Phi) is 4.26. The average molecular weight is 281 g/mol. The van der Waals surface area contributed by atoms with Crippen LogP contribution in [0, 0.1) is 10.1 Å². The quantitative estimate of drug-likeness (QED) is 0.500. The first-order valence-electron chi connectivity index (χ1n) is 6.00. The fourth-order valence-electron chi connectivity index (χ4n) is 2.01. The molecule has 0 bridgehead atoms. The van der Waals surface area contributed by atoms with Crippen LogP contribution in [0.1, 0.15) is 23.2 Å². The first kappa shape index (κ1) is 13.7. The van der Waals surface area contributed by atoms with E-state index in [0.717, 1.165) is 24.3 Å². The van der Waals surface area contributed by atoms with E-state index in [-0.39, 0.29) is 17.3 Å². The summed E-state index contributed by atoms with van der Waals surface area (Å²) < 4.78 is 0.